The highest BCUT2D eigenvalue weighted by Gasteiger charge is 2.29. The fourth-order valence-electron chi connectivity index (χ4n) is 3.26. The number of carbonyl (C=O) groups excluding carboxylic acids is 1. The summed E-state index contributed by atoms with van der Waals surface area (Å²) < 4.78 is 5.72. The maximum absolute atomic E-state index is 11.9. The zero-order valence-corrected chi connectivity index (χ0v) is 18.5. The first-order chi connectivity index (χ1) is 15.9. The lowest BCUT2D eigenvalue weighted by Crippen LogP contribution is -2.13. The Bertz CT molecular complexity index is 1160. The smallest absolute Gasteiger partial charge is 0.325 e. The van der Waals surface area contributed by atoms with Crippen molar-refractivity contribution in [3.8, 4) is 17.6 Å². The monoisotopic (exact) mass is 443 g/mol. The molecule has 4 rings (SSSR count). The standard InChI is InChI=1S/C25H25N5O3/c1-16-22(14-15-26-2)24(32)29-25(27-16)33-21-12-10-20(11-13-21)30(3)19-8-6-18(7-9-19)28-23(31)17-4-5-17/h6-15,17H,2,4-5H2,1,3H3,(H,28,31)(H,27,29,32)/b15-14-. The molecule has 0 unspecified atom stereocenters. The number of nitrogens with one attached hydrogen (secondary N) is 1. The van der Waals surface area contributed by atoms with E-state index in [-0.39, 0.29) is 23.7 Å². The molecule has 0 atom stereocenters. The van der Waals surface area contributed by atoms with Crippen molar-refractivity contribution in [2.45, 2.75) is 19.8 Å². The second-order valence-electron chi connectivity index (χ2n) is 7.79. The predicted octanol–water partition coefficient (Wildman–Crippen LogP) is 5.07. The summed E-state index contributed by atoms with van der Waals surface area (Å²) in [7, 11) is 1.96. The van der Waals surface area contributed by atoms with E-state index >= 15 is 0 Å². The Morgan fingerprint density at radius 3 is 2.36 bits per heavy atom. The van der Waals surface area contributed by atoms with Crippen molar-refractivity contribution in [1.29, 1.82) is 0 Å². The van der Waals surface area contributed by atoms with Gasteiger partial charge in [0.25, 0.3) is 0 Å². The molecule has 8 nitrogen and oxygen atoms in total. The van der Waals surface area contributed by atoms with Gasteiger partial charge in [-0.2, -0.15) is 9.97 Å². The number of aromatic nitrogens is 2. The molecule has 1 fully saturated rings. The highest BCUT2D eigenvalue weighted by atomic mass is 16.5. The average Bonchev–Trinajstić information content (AvgIpc) is 3.65. The number of aliphatic imine (C=N–C) groups is 1. The first-order valence-electron chi connectivity index (χ1n) is 10.6. The van der Waals surface area contributed by atoms with E-state index in [9.17, 15) is 9.90 Å². The van der Waals surface area contributed by atoms with Gasteiger partial charge in [-0.15, -0.1) is 0 Å². The number of carbonyl (C=O) groups is 1. The Morgan fingerprint density at radius 2 is 1.79 bits per heavy atom. The zero-order chi connectivity index (χ0) is 23.4. The highest BCUT2D eigenvalue weighted by molar-refractivity contribution is 5.94. The fraction of sp³-hybridized carbons (Fsp3) is 0.200. The van der Waals surface area contributed by atoms with E-state index < -0.39 is 0 Å². The molecule has 33 heavy (non-hydrogen) atoms. The minimum Gasteiger partial charge on any atom is -0.493 e. The van der Waals surface area contributed by atoms with Crippen molar-refractivity contribution in [1.82, 2.24) is 9.97 Å². The van der Waals surface area contributed by atoms with Gasteiger partial charge in [0.05, 0.1) is 11.3 Å². The minimum atomic E-state index is -0.189. The molecule has 2 aromatic carbocycles. The summed E-state index contributed by atoms with van der Waals surface area (Å²) in [4.78, 5) is 25.8. The molecule has 1 heterocycles. The Labute approximate surface area is 192 Å². The number of hydrogen-bond acceptors (Lipinski definition) is 7. The average molecular weight is 444 g/mol. The molecule has 0 spiro atoms. The topological polar surface area (TPSA) is 99.9 Å². The number of benzene rings is 2. The van der Waals surface area contributed by atoms with E-state index in [0.29, 0.717) is 17.0 Å². The molecule has 1 aliphatic carbocycles. The maximum atomic E-state index is 11.9. The first kappa shape index (κ1) is 22.0. The Kier molecular flexibility index (Phi) is 6.35. The molecule has 1 saturated carbocycles. The van der Waals surface area contributed by atoms with Crippen LogP contribution in [0.25, 0.3) is 6.08 Å². The third-order valence-corrected chi connectivity index (χ3v) is 5.35. The largest absolute Gasteiger partial charge is 0.493 e. The summed E-state index contributed by atoms with van der Waals surface area (Å²) >= 11 is 0. The van der Waals surface area contributed by atoms with Crippen LogP contribution in [-0.2, 0) is 4.79 Å². The summed E-state index contributed by atoms with van der Waals surface area (Å²) in [5.41, 5.74) is 3.76. The molecular weight excluding hydrogens is 418 g/mol. The van der Waals surface area contributed by atoms with E-state index in [2.05, 4.69) is 27.0 Å². The second-order valence-corrected chi connectivity index (χ2v) is 7.79. The van der Waals surface area contributed by atoms with Gasteiger partial charge in [-0.05, 0) is 81.1 Å². The molecule has 168 valence electrons. The van der Waals surface area contributed by atoms with E-state index in [1.807, 2.05) is 48.3 Å². The van der Waals surface area contributed by atoms with Gasteiger partial charge in [0.15, 0.2) is 0 Å². The van der Waals surface area contributed by atoms with Crippen molar-refractivity contribution >= 4 is 35.8 Å². The summed E-state index contributed by atoms with van der Waals surface area (Å²) in [5.74, 6) is 0.625. The Hall–Kier alpha value is -4.20. The van der Waals surface area contributed by atoms with Gasteiger partial charge in [0.1, 0.15) is 5.75 Å². The number of aryl methyl sites for hydroxylation is 1. The third kappa shape index (κ3) is 5.35. The predicted molar refractivity (Wildman–Crippen MR) is 129 cm³/mol. The number of rotatable bonds is 8. The SMILES string of the molecule is C=N/C=C\c1c(C)nc(Oc2ccc(N(C)c3ccc(NC(=O)C4CC4)cc3)cc2)nc1O. The van der Waals surface area contributed by atoms with Gasteiger partial charge < -0.3 is 20.1 Å². The molecule has 0 saturated heterocycles. The molecule has 0 aliphatic heterocycles. The Balaban J connectivity index is 1.42. The van der Waals surface area contributed by atoms with Crippen LogP contribution in [0.15, 0.2) is 59.7 Å². The van der Waals surface area contributed by atoms with Crippen LogP contribution in [0.2, 0.25) is 0 Å². The normalized spacial score (nSPS) is 13.0. The van der Waals surface area contributed by atoms with Crippen molar-refractivity contribution in [3.63, 3.8) is 0 Å². The minimum absolute atomic E-state index is 0.0543. The van der Waals surface area contributed by atoms with Gasteiger partial charge in [0, 0.05) is 36.2 Å². The van der Waals surface area contributed by atoms with E-state index in [1.54, 1.807) is 25.1 Å². The summed E-state index contributed by atoms with van der Waals surface area (Å²) in [6.45, 7) is 5.11. The molecule has 3 aromatic rings. The lowest BCUT2D eigenvalue weighted by molar-refractivity contribution is -0.117. The van der Waals surface area contributed by atoms with Crippen LogP contribution in [0.5, 0.6) is 17.6 Å². The fourth-order valence-corrected chi connectivity index (χ4v) is 3.26. The summed E-state index contributed by atoms with van der Waals surface area (Å²) in [6.07, 6.45) is 5.00. The number of hydrogen-bond donors (Lipinski definition) is 2. The molecule has 8 heteroatoms. The van der Waals surface area contributed by atoms with Crippen molar-refractivity contribution in [2.24, 2.45) is 10.9 Å². The molecule has 0 bridgehead atoms. The van der Waals surface area contributed by atoms with Crippen molar-refractivity contribution in [2.75, 3.05) is 17.3 Å². The lowest BCUT2D eigenvalue weighted by atomic mass is 10.2. The van der Waals surface area contributed by atoms with Gasteiger partial charge in [-0.1, -0.05) is 0 Å². The van der Waals surface area contributed by atoms with Crippen LogP contribution >= 0.6 is 0 Å². The van der Waals surface area contributed by atoms with Crippen LogP contribution < -0.4 is 15.0 Å². The van der Waals surface area contributed by atoms with Gasteiger partial charge >= 0.3 is 6.01 Å². The van der Waals surface area contributed by atoms with E-state index in [0.717, 1.165) is 29.9 Å². The van der Waals surface area contributed by atoms with Gasteiger partial charge in [-0.3, -0.25) is 9.79 Å². The highest BCUT2D eigenvalue weighted by Crippen LogP contribution is 2.31. The zero-order valence-electron chi connectivity index (χ0n) is 18.5. The molecular formula is C25H25N5O3. The lowest BCUT2D eigenvalue weighted by Gasteiger charge is -2.20. The van der Waals surface area contributed by atoms with E-state index in [4.69, 9.17) is 4.74 Å². The van der Waals surface area contributed by atoms with Crippen LogP contribution in [0.3, 0.4) is 0 Å². The number of aromatic hydroxyl groups is 1. The maximum Gasteiger partial charge on any atom is 0.325 e. The second kappa shape index (κ2) is 9.52. The molecule has 0 radical (unpaired) electrons. The van der Waals surface area contributed by atoms with Gasteiger partial charge in [-0.25, -0.2) is 0 Å². The summed E-state index contributed by atoms with van der Waals surface area (Å²) in [5, 5.41) is 13.1. The quantitative estimate of drug-likeness (QED) is 0.472. The summed E-state index contributed by atoms with van der Waals surface area (Å²) in [6, 6.07) is 15.2. The van der Waals surface area contributed by atoms with Crippen LogP contribution in [-0.4, -0.2) is 34.7 Å². The number of anilines is 3. The van der Waals surface area contributed by atoms with E-state index in [1.165, 1.54) is 6.20 Å². The van der Waals surface area contributed by atoms with Crippen LogP contribution in [0.4, 0.5) is 17.1 Å². The van der Waals surface area contributed by atoms with Crippen LogP contribution in [0, 0.1) is 12.8 Å². The molecule has 1 amide bonds. The Morgan fingerprint density at radius 1 is 1.15 bits per heavy atom. The van der Waals surface area contributed by atoms with Crippen molar-refractivity contribution < 1.29 is 14.6 Å². The number of ether oxygens (including phenoxy) is 1. The van der Waals surface area contributed by atoms with Crippen LogP contribution in [0.1, 0.15) is 24.1 Å². The number of amides is 1. The molecule has 1 aromatic heterocycles. The number of nitrogens with zero attached hydrogens (tertiary/aromatic N) is 4. The third-order valence-electron chi connectivity index (χ3n) is 5.35. The van der Waals surface area contributed by atoms with Crippen molar-refractivity contribution in [3.05, 3.63) is 66.0 Å². The molecule has 2 N–H and O–H groups in total. The molecule has 1 aliphatic rings. The first-order valence-corrected chi connectivity index (χ1v) is 10.6. The van der Waals surface area contributed by atoms with Gasteiger partial charge in [0.2, 0.25) is 11.8 Å².